The average Bonchev–Trinajstić information content (AvgIpc) is 3.05. The molecule has 1 atom stereocenters. The molecule has 0 bridgehead atoms. The van der Waals surface area contributed by atoms with E-state index in [1.807, 2.05) is 54.6 Å². The quantitative estimate of drug-likeness (QED) is 0.208. The van der Waals surface area contributed by atoms with Crippen molar-refractivity contribution in [3.63, 3.8) is 0 Å². The zero-order valence-corrected chi connectivity index (χ0v) is 25.4. The smallest absolute Gasteiger partial charge is 0.369 e. The fraction of sp³-hybridized carbons (Fsp3) is 0.278. The number of nitrogens with one attached hydrogen (secondary N) is 2. The number of hydrogen-bond donors (Lipinski definition) is 2. The van der Waals surface area contributed by atoms with Gasteiger partial charge in [-0.1, -0.05) is 74.5 Å². The van der Waals surface area contributed by atoms with Gasteiger partial charge in [-0.3, -0.25) is 14.5 Å². The molecule has 2 amide bonds. The lowest BCUT2D eigenvalue weighted by molar-refractivity contribution is -0.137. The second-order valence-corrected chi connectivity index (χ2v) is 11.6. The molecule has 234 valence electrons. The van der Waals surface area contributed by atoms with Crippen molar-refractivity contribution in [3.8, 4) is 11.1 Å². The molecule has 0 spiro atoms. The molecule has 4 aromatic rings. The summed E-state index contributed by atoms with van der Waals surface area (Å²) in [5.41, 5.74) is 3.29. The highest BCUT2D eigenvalue weighted by molar-refractivity contribution is 6.08. The number of carbonyl (C=O) groups excluding carboxylic acids is 2. The van der Waals surface area contributed by atoms with Gasteiger partial charge in [0.05, 0.1) is 5.56 Å². The Hall–Kier alpha value is -4.63. The summed E-state index contributed by atoms with van der Waals surface area (Å²) in [4.78, 5) is 31.0. The number of piperazine rings is 1. The first-order chi connectivity index (χ1) is 21.6. The predicted molar refractivity (Wildman–Crippen MR) is 172 cm³/mol. The summed E-state index contributed by atoms with van der Waals surface area (Å²) < 4.78 is 39.1. The number of carbonyl (C=O) groups is 2. The van der Waals surface area contributed by atoms with Crippen LogP contribution in [0.3, 0.4) is 0 Å². The lowest BCUT2D eigenvalue weighted by Gasteiger charge is -2.40. The van der Waals surface area contributed by atoms with Crippen LogP contribution in [0.25, 0.3) is 11.1 Å². The zero-order valence-electron chi connectivity index (χ0n) is 25.4. The highest BCUT2D eigenvalue weighted by atomic mass is 19.4. The van der Waals surface area contributed by atoms with E-state index in [0.29, 0.717) is 47.9 Å². The minimum absolute atomic E-state index is 0.0170. The maximum absolute atomic E-state index is 13.2. The van der Waals surface area contributed by atoms with E-state index in [2.05, 4.69) is 34.3 Å². The molecular formula is C36H37F3N4O2. The number of hydrogen-bond acceptors (Lipinski definition) is 4. The average molecular weight is 615 g/mol. The number of nitrogens with zero attached hydrogens (tertiary/aromatic N) is 2. The molecule has 1 unspecified atom stereocenters. The summed E-state index contributed by atoms with van der Waals surface area (Å²) in [5, 5.41) is 6.02. The van der Waals surface area contributed by atoms with Crippen molar-refractivity contribution < 1.29 is 22.8 Å². The molecule has 0 aliphatic carbocycles. The molecule has 0 radical (unpaired) electrons. The number of rotatable bonds is 9. The third-order valence-corrected chi connectivity index (χ3v) is 7.91. The van der Waals surface area contributed by atoms with Crippen LogP contribution in [-0.2, 0) is 11.0 Å². The third-order valence-electron chi connectivity index (χ3n) is 7.91. The lowest BCUT2D eigenvalue weighted by atomic mass is 9.98. The minimum Gasteiger partial charge on any atom is -0.369 e. The van der Waals surface area contributed by atoms with Crippen molar-refractivity contribution in [1.82, 2.24) is 10.2 Å². The van der Waals surface area contributed by atoms with Crippen LogP contribution in [-0.4, -0.2) is 49.4 Å². The molecule has 6 nitrogen and oxygen atoms in total. The standard InChI is InChI=1S/C36H37F3N4O2/c1-25(2)24-40-35(45)33(27-8-4-3-5-9-27)43-22-20-42(21-23-43)30-18-16-29(17-19-30)41-34(44)32-11-7-6-10-31(32)26-12-14-28(15-13-26)36(37,38)39/h3-19,25,33H,20-24H2,1-2H3,(H,40,45)(H,41,44). The highest BCUT2D eigenvalue weighted by Gasteiger charge is 2.31. The Morgan fingerprint density at radius 1 is 0.778 bits per heavy atom. The molecule has 1 aliphatic heterocycles. The molecule has 1 fully saturated rings. The summed E-state index contributed by atoms with van der Waals surface area (Å²) in [7, 11) is 0. The largest absolute Gasteiger partial charge is 0.416 e. The van der Waals surface area contributed by atoms with Crippen molar-refractivity contribution >= 4 is 23.2 Å². The van der Waals surface area contributed by atoms with Gasteiger partial charge in [-0.25, -0.2) is 0 Å². The molecule has 9 heteroatoms. The Morgan fingerprint density at radius 2 is 1.40 bits per heavy atom. The maximum atomic E-state index is 13.2. The van der Waals surface area contributed by atoms with Crippen molar-refractivity contribution in [2.45, 2.75) is 26.1 Å². The Kier molecular flexibility index (Phi) is 9.88. The van der Waals surface area contributed by atoms with Gasteiger partial charge in [0.1, 0.15) is 6.04 Å². The van der Waals surface area contributed by atoms with Crippen molar-refractivity contribution in [2.24, 2.45) is 5.92 Å². The van der Waals surface area contributed by atoms with E-state index in [0.717, 1.165) is 36.5 Å². The third kappa shape index (κ3) is 7.91. The summed E-state index contributed by atoms with van der Waals surface area (Å²) in [6.07, 6.45) is -4.43. The topological polar surface area (TPSA) is 64.7 Å². The van der Waals surface area contributed by atoms with Gasteiger partial charge >= 0.3 is 6.18 Å². The van der Waals surface area contributed by atoms with Crippen LogP contribution in [0.5, 0.6) is 0 Å². The van der Waals surface area contributed by atoms with Crippen LogP contribution in [0.4, 0.5) is 24.5 Å². The zero-order chi connectivity index (χ0) is 32.0. The van der Waals surface area contributed by atoms with Gasteiger partial charge in [0.15, 0.2) is 0 Å². The minimum atomic E-state index is -4.43. The molecule has 1 saturated heterocycles. The Bertz CT molecular complexity index is 1580. The van der Waals surface area contributed by atoms with Crippen LogP contribution in [0, 0.1) is 5.92 Å². The van der Waals surface area contributed by atoms with E-state index < -0.39 is 11.7 Å². The van der Waals surface area contributed by atoms with Gasteiger partial charge in [-0.2, -0.15) is 13.2 Å². The number of alkyl halides is 3. The molecule has 0 aromatic heterocycles. The molecule has 45 heavy (non-hydrogen) atoms. The van der Waals surface area contributed by atoms with E-state index >= 15 is 0 Å². The van der Waals surface area contributed by atoms with E-state index in [9.17, 15) is 22.8 Å². The van der Waals surface area contributed by atoms with Crippen LogP contribution < -0.4 is 15.5 Å². The SMILES string of the molecule is CC(C)CNC(=O)C(c1ccccc1)N1CCN(c2ccc(NC(=O)c3ccccc3-c3ccc(C(F)(F)F)cc3)cc2)CC1. The van der Waals surface area contributed by atoms with Gasteiger partial charge in [0, 0.05) is 49.7 Å². The maximum Gasteiger partial charge on any atom is 0.416 e. The van der Waals surface area contributed by atoms with Crippen LogP contribution in [0.1, 0.15) is 41.4 Å². The normalized spacial score (nSPS) is 14.7. The Labute approximate surface area is 261 Å². The summed E-state index contributed by atoms with van der Waals surface area (Å²) >= 11 is 0. The van der Waals surface area contributed by atoms with Crippen molar-refractivity contribution in [2.75, 3.05) is 42.9 Å². The van der Waals surface area contributed by atoms with Crippen LogP contribution in [0.15, 0.2) is 103 Å². The fourth-order valence-electron chi connectivity index (χ4n) is 5.53. The van der Waals surface area contributed by atoms with Crippen LogP contribution in [0.2, 0.25) is 0 Å². The summed E-state index contributed by atoms with van der Waals surface area (Å²) in [6, 6.07) is 28.8. The number of amides is 2. The van der Waals surface area contributed by atoms with E-state index in [4.69, 9.17) is 0 Å². The predicted octanol–water partition coefficient (Wildman–Crippen LogP) is 7.26. The lowest BCUT2D eigenvalue weighted by Crippen LogP contribution is -2.51. The van der Waals surface area contributed by atoms with E-state index in [-0.39, 0.29) is 17.9 Å². The highest BCUT2D eigenvalue weighted by Crippen LogP contribution is 2.32. The molecule has 0 saturated carbocycles. The number of anilines is 2. The van der Waals surface area contributed by atoms with Gasteiger partial charge in [0.2, 0.25) is 5.91 Å². The van der Waals surface area contributed by atoms with Crippen molar-refractivity contribution in [1.29, 1.82) is 0 Å². The van der Waals surface area contributed by atoms with Crippen molar-refractivity contribution in [3.05, 3.63) is 120 Å². The van der Waals surface area contributed by atoms with Gasteiger partial charge in [-0.05, 0) is 65.1 Å². The fourth-order valence-corrected chi connectivity index (χ4v) is 5.53. The molecular weight excluding hydrogens is 577 g/mol. The monoisotopic (exact) mass is 614 g/mol. The first-order valence-electron chi connectivity index (χ1n) is 15.1. The Morgan fingerprint density at radius 3 is 2.02 bits per heavy atom. The molecule has 2 N–H and O–H groups in total. The van der Waals surface area contributed by atoms with Gasteiger partial charge in [0.25, 0.3) is 5.91 Å². The number of halogens is 3. The van der Waals surface area contributed by atoms with Crippen LogP contribution >= 0.6 is 0 Å². The Balaban J connectivity index is 1.22. The molecule has 1 aliphatic rings. The van der Waals surface area contributed by atoms with Gasteiger partial charge < -0.3 is 15.5 Å². The summed E-state index contributed by atoms with van der Waals surface area (Å²) in [6.45, 7) is 7.71. The number of benzene rings is 4. The van der Waals surface area contributed by atoms with E-state index in [1.54, 1.807) is 24.3 Å². The molecule has 1 heterocycles. The summed E-state index contributed by atoms with van der Waals surface area (Å²) in [5.74, 6) is 0.0293. The molecule has 4 aromatic carbocycles. The second-order valence-electron chi connectivity index (χ2n) is 11.6. The second kappa shape index (κ2) is 14.0. The first kappa shape index (κ1) is 31.8. The first-order valence-corrected chi connectivity index (χ1v) is 15.1. The van der Waals surface area contributed by atoms with Gasteiger partial charge in [-0.15, -0.1) is 0 Å². The molecule has 5 rings (SSSR count). The van der Waals surface area contributed by atoms with E-state index in [1.165, 1.54) is 12.1 Å².